The maximum atomic E-state index is 13.2. The number of methoxy groups -OCH3 is 2. The molecule has 2 heterocycles. The molecule has 1 aliphatic rings. The van der Waals surface area contributed by atoms with Crippen LogP contribution in [0.4, 0.5) is 0 Å². The van der Waals surface area contributed by atoms with Crippen LogP contribution >= 0.6 is 0 Å². The summed E-state index contributed by atoms with van der Waals surface area (Å²) >= 11 is 0. The van der Waals surface area contributed by atoms with Crippen LogP contribution in [0.2, 0.25) is 0 Å². The summed E-state index contributed by atoms with van der Waals surface area (Å²) in [5.74, 6) is -0.152. The van der Waals surface area contributed by atoms with Gasteiger partial charge in [-0.1, -0.05) is 6.07 Å². The first-order chi connectivity index (χ1) is 15.7. The Morgan fingerprint density at radius 3 is 2.45 bits per heavy atom. The van der Waals surface area contributed by atoms with Gasteiger partial charge in [-0.25, -0.2) is 9.97 Å². The topological polar surface area (TPSA) is 105 Å². The van der Waals surface area contributed by atoms with Gasteiger partial charge in [-0.2, -0.15) is 0 Å². The molecule has 9 nitrogen and oxygen atoms in total. The number of carbonyl (C=O) groups excluding carboxylic acids is 2. The Kier molecular flexibility index (Phi) is 7.33. The van der Waals surface area contributed by atoms with Gasteiger partial charge < -0.3 is 24.4 Å². The zero-order valence-electron chi connectivity index (χ0n) is 19.9. The molecule has 9 heteroatoms. The predicted molar refractivity (Wildman–Crippen MR) is 123 cm³/mol. The van der Waals surface area contributed by atoms with E-state index in [9.17, 15) is 14.7 Å². The minimum atomic E-state index is -0.785. The van der Waals surface area contributed by atoms with Crippen molar-refractivity contribution in [1.82, 2.24) is 19.8 Å². The standard InChI is InChI=1S/C24H30N4O5/c1-14-17(13-25-15(2)26-14)22(29)20-21(16-8-9-18(32-5)19(12-16)33-6)28(24(31)23(20)30)11-7-10-27(3)4/h8-9,12-13,21,29H,7,10-11H2,1-6H3/t21-/m1/s1. The van der Waals surface area contributed by atoms with Crippen molar-refractivity contribution in [1.29, 1.82) is 0 Å². The fraction of sp³-hybridized carbons (Fsp3) is 0.417. The van der Waals surface area contributed by atoms with Gasteiger partial charge in [-0.15, -0.1) is 0 Å². The summed E-state index contributed by atoms with van der Waals surface area (Å²) in [7, 11) is 6.94. The molecule has 1 fully saturated rings. The zero-order chi connectivity index (χ0) is 24.3. The molecule has 1 aromatic heterocycles. The molecule has 3 rings (SSSR count). The van der Waals surface area contributed by atoms with Crippen LogP contribution in [0.3, 0.4) is 0 Å². The summed E-state index contributed by atoms with van der Waals surface area (Å²) < 4.78 is 10.8. The van der Waals surface area contributed by atoms with Crippen LogP contribution in [0, 0.1) is 13.8 Å². The number of hydrogen-bond donors (Lipinski definition) is 1. The van der Waals surface area contributed by atoms with E-state index in [0.29, 0.717) is 47.1 Å². The molecule has 0 spiro atoms. The van der Waals surface area contributed by atoms with Crippen molar-refractivity contribution in [3.63, 3.8) is 0 Å². The number of nitrogens with zero attached hydrogens (tertiary/aromatic N) is 4. The second kappa shape index (κ2) is 9.99. The summed E-state index contributed by atoms with van der Waals surface area (Å²) in [6.07, 6.45) is 2.13. The molecule has 0 bridgehead atoms. The van der Waals surface area contributed by atoms with Gasteiger partial charge >= 0.3 is 0 Å². The summed E-state index contributed by atoms with van der Waals surface area (Å²) in [4.78, 5) is 38.2. The van der Waals surface area contributed by atoms with Crippen LogP contribution in [-0.2, 0) is 9.59 Å². The normalized spacial score (nSPS) is 17.7. The van der Waals surface area contributed by atoms with E-state index in [1.165, 1.54) is 25.3 Å². The van der Waals surface area contributed by atoms with Crippen molar-refractivity contribution in [3.8, 4) is 11.5 Å². The first kappa shape index (κ1) is 24.2. The smallest absolute Gasteiger partial charge is 0.295 e. The summed E-state index contributed by atoms with van der Waals surface area (Å²) in [6, 6.07) is 4.42. The first-order valence-corrected chi connectivity index (χ1v) is 10.6. The number of carbonyl (C=O) groups is 2. The summed E-state index contributed by atoms with van der Waals surface area (Å²) in [5.41, 5.74) is 1.47. The minimum Gasteiger partial charge on any atom is -0.507 e. The number of aliphatic hydroxyl groups is 1. The van der Waals surface area contributed by atoms with Gasteiger partial charge in [-0.05, 0) is 58.6 Å². The average Bonchev–Trinajstić information content (AvgIpc) is 3.03. The fourth-order valence-corrected chi connectivity index (χ4v) is 4.00. The predicted octanol–water partition coefficient (Wildman–Crippen LogP) is 2.48. The molecular formula is C24H30N4O5. The van der Waals surface area contributed by atoms with Crippen molar-refractivity contribution in [2.75, 3.05) is 41.4 Å². The van der Waals surface area contributed by atoms with Gasteiger partial charge in [-0.3, -0.25) is 9.59 Å². The molecule has 2 aromatic rings. The number of ketones is 1. The van der Waals surface area contributed by atoms with Crippen molar-refractivity contribution in [3.05, 3.63) is 52.6 Å². The second-order valence-electron chi connectivity index (χ2n) is 8.18. The van der Waals surface area contributed by atoms with Gasteiger partial charge in [0.1, 0.15) is 11.6 Å². The Labute approximate surface area is 193 Å². The van der Waals surface area contributed by atoms with Crippen LogP contribution in [0.25, 0.3) is 5.76 Å². The highest BCUT2D eigenvalue weighted by atomic mass is 16.5. The van der Waals surface area contributed by atoms with E-state index in [0.717, 1.165) is 6.54 Å². The Bertz CT molecular complexity index is 1100. The highest BCUT2D eigenvalue weighted by molar-refractivity contribution is 6.46. The SMILES string of the molecule is COc1ccc([C@@H]2C(=C(O)c3cnc(C)nc3C)C(=O)C(=O)N2CCCN(C)C)cc1OC. The lowest BCUT2D eigenvalue weighted by Gasteiger charge is -2.26. The molecule has 0 aliphatic carbocycles. The number of hydrogen-bond acceptors (Lipinski definition) is 8. The van der Waals surface area contributed by atoms with E-state index in [1.807, 2.05) is 19.0 Å². The Morgan fingerprint density at radius 1 is 1.15 bits per heavy atom. The molecule has 1 N–H and O–H groups in total. The number of amides is 1. The van der Waals surface area contributed by atoms with Gasteiger partial charge in [0, 0.05) is 12.7 Å². The summed E-state index contributed by atoms with van der Waals surface area (Å²) in [5, 5.41) is 11.2. The quantitative estimate of drug-likeness (QED) is 0.369. The van der Waals surface area contributed by atoms with Gasteiger partial charge in [0.2, 0.25) is 0 Å². The first-order valence-electron chi connectivity index (χ1n) is 10.6. The number of likely N-dealkylation sites (tertiary alicyclic amines) is 1. The molecule has 1 saturated heterocycles. The number of benzene rings is 1. The average molecular weight is 455 g/mol. The van der Waals surface area contributed by atoms with Gasteiger partial charge in [0.05, 0.1) is 37.1 Å². The number of aliphatic hydroxyl groups excluding tert-OH is 1. The van der Waals surface area contributed by atoms with E-state index in [-0.39, 0.29) is 11.3 Å². The largest absolute Gasteiger partial charge is 0.507 e. The van der Waals surface area contributed by atoms with Crippen molar-refractivity contribution in [2.45, 2.75) is 26.3 Å². The molecular weight excluding hydrogens is 424 g/mol. The maximum Gasteiger partial charge on any atom is 0.295 e. The van der Waals surface area contributed by atoms with E-state index >= 15 is 0 Å². The lowest BCUT2D eigenvalue weighted by atomic mass is 9.95. The number of aromatic nitrogens is 2. The molecule has 33 heavy (non-hydrogen) atoms. The monoisotopic (exact) mass is 454 g/mol. The van der Waals surface area contributed by atoms with Crippen molar-refractivity contribution < 1.29 is 24.2 Å². The number of aryl methyl sites for hydroxylation is 2. The zero-order valence-corrected chi connectivity index (χ0v) is 19.9. The second-order valence-corrected chi connectivity index (χ2v) is 8.18. The third kappa shape index (κ3) is 4.83. The van der Waals surface area contributed by atoms with E-state index in [4.69, 9.17) is 9.47 Å². The van der Waals surface area contributed by atoms with Crippen LogP contribution in [0.1, 0.15) is 35.1 Å². The molecule has 1 aromatic carbocycles. The lowest BCUT2D eigenvalue weighted by Crippen LogP contribution is -2.32. The molecule has 1 amide bonds. The lowest BCUT2D eigenvalue weighted by molar-refractivity contribution is -0.139. The maximum absolute atomic E-state index is 13.2. The molecule has 0 unspecified atom stereocenters. The third-order valence-corrected chi connectivity index (χ3v) is 5.62. The van der Waals surface area contributed by atoms with Crippen LogP contribution in [0.15, 0.2) is 30.0 Å². The molecule has 1 aliphatic heterocycles. The molecule has 176 valence electrons. The third-order valence-electron chi connectivity index (χ3n) is 5.62. The number of ether oxygens (including phenoxy) is 2. The van der Waals surface area contributed by atoms with Crippen LogP contribution in [0.5, 0.6) is 11.5 Å². The molecule has 1 atom stereocenters. The van der Waals surface area contributed by atoms with Crippen molar-refractivity contribution in [2.24, 2.45) is 0 Å². The van der Waals surface area contributed by atoms with Crippen molar-refractivity contribution >= 4 is 17.4 Å². The Hall–Kier alpha value is -3.46. The molecule has 0 saturated carbocycles. The number of rotatable bonds is 8. The highest BCUT2D eigenvalue weighted by Crippen LogP contribution is 2.42. The van der Waals surface area contributed by atoms with Gasteiger partial charge in [0.25, 0.3) is 11.7 Å². The minimum absolute atomic E-state index is 0.00706. The van der Waals surface area contributed by atoms with E-state index < -0.39 is 17.7 Å². The summed E-state index contributed by atoms with van der Waals surface area (Å²) in [6.45, 7) is 4.56. The van der Waals surface area contributed by atoms with E-state index in [1.54, 1.807) is 32.0 Å². The van der Waals surface area contributed by atoms with Crippen LogP contribution < -0.4 is 9.47 Å². The van der Waals surface area contributed by atoms with Gasteiger partial charge in [0.15, 0.2) is 11.5 Å². The fourth-order valence-electron chi connectivity index (χ4n) is 4.00. The Balaban J connectivity index is 2.17. The van der Waals surface area contributed by atoms with E-state index in [2.05, 4.69) is 9.97 Å². The van der Waals surface area contributed by atoms with Crippen LogP contribution in [-0.4, -0.2) is 78.0 Å². The highest BCUT2D eigenvalue weighted by Gasteiger charge is 2.46. The number of Topliss-reactive ketones (excluding diaryl/α,β-unsaturated/α-hetero) is 1. The Morgan fingerprint density at radius 2 is 1.85 bits per heavy atom. The molecule has 0 radical (unpaired) electrons.